The van der Waals surface area contributed by atoms with Gasteiger partial charge in [-0.25, -0.2) is 4.79 Å². The van der Waals surface area contributed by atoms with Crippen LogP contribution in [0.2, 0.25) is 0 Å². The minimum absolute atomic E-state index is 0.250. The maximum absolute atomic E-state index is 9.33. The molecule has 1 fully saturated rings. The number of hydrogen-bond acceptors (Lipinski definition) is 3. The molecule has 1 aliphatic rings. The van der Waals surface area contributed by atoms with Crippen molar-refractivity contribution in [3.05, 3.63) is 48.1 Å². The molecule has 1 saturated heterocycles. The molecule has 1 aromatic rings. The summed E-state index contributed by atoms with van der Waals surface area (Å²) >= 11 is 0. The second kappa shape index (κ2) is 11.7. The molecule has 0 bridgehead atoms. The van der Waals surface area contributed by atoms with Crippen molar-refractivity contribution in [1.29, 1.82) is 0 Å². The summed E-state index contributed by atoms with van der Waals surface area (Å²) < 4.78 is 5.73. The Hall–Kier alpha value is -1.83. The molecule has 23 heavy (non-hydrogen) atoms. The summed E-state index contributed by atoms with van der Waals surface area (Å²) in [6.45, 7) is 9.53. The molecule has 1 aliphatic heterocycles. The second-order valence-corrected chi connectivity index (χ2v) is 5.96. The van der Waals surface area contributed by atoms with E-state index >= 15 is 0 Å². The van der Waals surface area contributed by atoms with Gasteiger partial charge in [-0.2, -0.15) is 0 Å². The number of carbonyl (C=O) groups excluding carboxylic acids is 1. The summed E-state index contributed by atoms with van der Waals surface area (Å²) in [5.41, 5.74) is 1.37. The number of piperidine rings is 1. The van der Waals surface area contributed by atoms with Gasteiger partial charge >= 0.3 is 0 Å². The Balaban J connectivity index is 0.000000379. The smallest absolute Gasteiger partial charge is 0.124 e. The molecule has 3 nitrogen and oxygen atoms in total. The van der Waals surface area contributed by atoms with Gasteiger partial charge in [0.2, 0.25) is 0 Å². The van der Waals surface area contributed by atoms with Gasteiger partial charge in [0, 0.05) is 12.6 Å². The first kappa shape index (κ1) is 19.2. The van der Waals surface area contributed by atoms with Crippen LogP contribution in [-0.2, 0) is 11.3 Å². The molecule has 0 aromatic heterocycles. The van der Waals surface area contributed by atoms with Gasteiger partial charge in [-0.05, 0) is 64.4 Å². The average molecular weight is 315 g/mol. The van der Waals surface area contributed by atoms with Crippen molar-refractivity contribution in [3.63, 3.8) is 0 Å². The molecule has 1 heterocycles. The molecule has 1 aromatic carbocycles. The van der Waals surface area contributed by atoms with Crippen LogP contribution in [0, 0.1) is 0 Å². The molecule has 0 amide bonds. The van der Waals surface area contributed by atoms with Crippen LogP contribution in [0.1, 0.15) is 45.6 Å². The SMILES string of the molecule is C/C=C\C=C=O.CC(C)Oc1cccc(CN2CCCCC2)c1. The number of rotatable bonds is 5. The standard InChI is InChI=1S/C15H23NO.C5H6O/c1-13(2)17-15-8-6-7-14(11-15)12-16-9-4-3-5-10-16;1-2-3-4-5-6/h6-8,11,13H,3-5,9-10,12H2,1-2H3;2-4H,1H3/b;3-2-. The molecule has 0 unspecified atom stereocenters. The van der Waals surface area contributed by atoms with Crippen LogP contribution >= 0.6 is 0 Å². The fourth-order valence-electron chi connectivity index (χ4n) is 2.50. The van der Waals surface area contributed by atoms with E-state index in [1.54, 1.807) is 18.1 Å². The summed E-state index contributed by atoms with van der Waals surface area (Å²) in [4.78, 5) is 11.9. The zero-order valence-corrected chi connectivity index (χ0v) is 14.6. The van der Waals surface area contributed by atoms with Gasteiger partial charge in [-0.15, -0.1) is 0 Å². The first-order chi connectivity index (χ1) is 11.2. The predicted octanol–water partition coefficient (Wildman–Crippen LogP) is 4.41. The maximum Gasteiger partial charge on any atom is 0.124 e. The molecule has 0 radical (unpaired) electrons. The summed E-state index contributed by atoms with van der Waals surface area (Å²) in [7, 11) is 0. The molecule has 3 heteroatoms. The molecule has 0 saturated carbocycles. The lowest BCUT2D eigenvalue weighted by Crippen LogP contribution is -2.29. The zero-order chi connectivity index (χ0) is 16.9. The van der Waals surface area contributed by atoms with Crippen LogP contribution in [0.3, 0.4) is 0 Å². The van der Waals surface area contributed by atoms with Gasteiger partial charge in [-0.3, -0.25) is 4.90 Å². The molecule has 126 valence electrons. The summed E-state index contributed by atoms with van der Waals surface area (Å²) in [5.74, 6) is 2.60. The minimum Gasteiger partial charge on any atom is -0.491 e. The first-order valence-electron chi connectivity index (χ1n) is 8.45. The molecule has 0 spiro atoms. The number of allylic oxidation sites excluding steroid dienone is 3. The van der Waals surface area contributed by atoms with Gasteiger partial charge < -0.3 is 4.74 Å². The third kappa shape index (κ3) is 9.02. The van der Waals surface area contributed by atoms with Crippen molar-refractivity contribution in [2.75, 3.05) is 13.1 Å². The van der Waals surface area contributed by atoms with E-state index in [9.17, 15) is 4.79 Å². The van der Waals surface area contributed by atoms with E-state index in [0.717, 1.165) is 12.3 Å². The molecular weight excluding hydrogens is 286 g/mol. The number of likely N-dealkylation sites (tertiary alicyclic amines) is 1. The maximum atomic E-state index is 9.33. The van der Waals surface area contributed by atoms with Crippen molar-refractivity contribution in [3.8, 4) is 5.75 Å². The number of nitrogens with zero attached hydrogens (tertiary/aromatic N) is 1. The molecule has 0 N–H and O–H groups in total. The normalized spacial score (nSPS) is 15.0. The van der Waals surface area contributed by atoms with Crippen LogP contribution in [0.4, 0.5) is 0 Å². The van der Waals surface area contributed by atoms with Crippen molar-refractivity contribution in [1.82, 2.24) is 4.90 Å². The van der Waals surface area contributed by atoms with Crippen LogP contribution in [0.15, 0.2) is 42.5 Å². The number of benzene rings is 1. The highest BCUT2D eigenvalue weighted by atomic mass is 16.5. The second-order valence-electron chi connectivity index (χ2n) is 5.96. The Morgan fingerprint density at radius 1 is 1.26 bits per heavy atom. The fourth-order valence-corrected chi connectivity index (χ4v) is 2.50. The van der Waals surface area contributed by atoms with Gasteiger partial charge in [0.05, 0.1) is 6.10 Å². The van der Waals surface area contributed by atoms with Gasteiger partial charge in [-0.1, -0.05) is 30.7 Å². The van der Waals surface area contributed by atoms with Gasteiger partial charge in [0.25, 0.3) is 0 Å². The lowest BCUT2D eigenvalue weighted by atomic mass is 10.1. The highest BCUT2D eigenvalue weighted by Crippen LogP contribution is 2.18. The number of hydrogen-bond donors (Lipinski definition) is 0. The monoisotopic (exact) mass is 315 g/mol. The Bertz CT molecular complexity index is 510. The molecule has 2 rings (SSSR count). The van der Waals surface area contributed by atoms with Crippen molar-refractivity contribution in [2.24, 2.45) is 0 Å². The third-order valence-electron chi connectivity index (χ3n) is 3.48. The zero-order valence-electron chi connectivity index (χ0n) is 14.6. The lowest BCUT2D eigenvalue weighted by Gasteiger charge is -2.26. The van der Waals surface area contributed by atoms with Crippen molar-refractivity contribution in [2.45, 2.75) is 52.7 Å². The summed E-state index contributed by atoms with van der Waals surface area (Å²) in [6, 6.07) is 8.51. The molecular formula is C20H29NO2. The van der Waals surface area contributed by atoms with E-state index in [4.69, 9.17) is 4.74 Å². The van der Waals surface area contributed by atoms with Crippen molar-refractivity contribution < 1.29 is 9.53 Å². The lowest BCUT2D eigenvalue weighted by molar-refractivity contribution is 0.219. The minimum atomic E-state index is 0.250. The Kier molecular flexibility index (Phi) is 9.78. The highest BCUT2D eigenvalue weighted by Gasteiger charge is 2.10. The quantitative estimate of drug-likeness (QED) is 0.595. The van der Waals surface area contributed by atoms with Crippen LogP contribution in [-0.4, -0.2) is 30.0 Å². The Morgan fingerprint density at radius 3 is 2.57 bits per heavy atom. The Labute approximate surface area is 140 Å². The van der Waals surface area contributed by atoms with Crippen LogP contribution in [0.25, 0.3) is 0 Å². The Morgan fingerprint density at radius 2 is 2.00 bits per heavy atom. The fraction of sp³-hybridized carbons (Fsp3) is 0.500. The largest absolute Gasteiger partial charge is 0.491 e. The van der Waals surface area contributed by atoms with Gasteiger partial charge in [0.15, 0.2) is 0 Å². The number of ether oxygens (including phenoxy) is 1. The summed E-state index contributed by atoms with van der Waals surface area (Å²) in [6.07, 6.45) is 9.06. The summed E-state index contributed by atoms with van der Waals surface area (Å²) in [5, 5.41) is 0. The third-order valence-corrected chi connectivity index (χ3v) is 3.48. The van der Waals surface area contributed by atoms with Crippen LogP contribution < -0.4 is 4.74 Å². The predicted molar refractivity (Wildman–Crippen MR) is 96.4 cm³/mol. The van der Waals surface area contributed by atoms with Gasteiger partial charge in [0.1, 0.15) is 11.7 Å². The molecule has 0 atom stereocenters. The van der Waals surface area contributed by atoms with E-state index in [0.29, 0.717) is 0 Å². The van der Waals surface area contributed by atoms with Crippen molar-refractivity contribution >= 4 is 5.94 Å². The van der Waals surface area contributed by atoms with E-state index < -0.39 is 0 Å². The highest BCUT2D eigenvalue weighted by molar-refractivity contribution is 5.48. The van der Waals surface area contributed by atoms with E-state index in [1.165, 1.54) is 44.0 Å². The first-order valence-corrected chi connectivity index (χ1v) is 8.45. The van der Waals surface area contributed by atoms with Crippen LogP contribution in [0.5, 0.6) is 5.75 Å². The van der Waals surface area contributed by atoms with E-state index in [1.807, 2.05) is 13.0 Å². The molecule has 0 aliphatic carbocycles. The van der Waals surface area contributed by atoms with E-state index in [-0.39, 0.29) is 6.10 Å². The van der Waals surface area contributed by atoms with E-state index in [2.05, 4.69) is 36.9 Å². The average Bonchev–Trinajstić information content (AvgIpc) is 2.54. The topological polar surface area (TPSA) is 29.5 Å².